The Bertz CT molecular complexity index is 1020. The van der Waals surface area contributed by atoms with Gasteiger partial charge in [-0.1, -0.05) is 28.1 Å². The lowest BCUT2D eigenvalue weighted by Gasteiger charge is -2.38. The third-order valence-electron chi connectivity index (χ3n) is 4.92. The van der Waals surface area contributed by atoms with E-state index in [1.165, 1.54) is 12.1 Å². The van der Waals surface area contributed by atoms with Crippen LogP contribution in [0.25, 0.3) is 0 Å². The van der Waals surface area contributed by atoms with Gasteiger partial charge in [-0.2, -0.15) is 5.10 Å². The maximum Gasteiger partial charge on any atom is 0.213 e. The minimum atomic E-state index is -0.329. The number of hydrogen-bond donors (Lipinski definition) is 0. The van der Waals surface area contributed by atoms with Crippen LogP contribution >= 0.6 is 15.9 Å². The zero-order valence-corrected chi connectivity index (χ0v) is 15.8. The van der Waals surface area contributed by atoms with Gasteiger partial charge < -0.3 is 4.74 Å². The Morgan fingerprint density at radius 3 is 2.59 bits per heavy atom. The first-order valence-corrected chi connectivity index (χ1v) is 9.46. The van der Waals surface area contributed by atoms with E-state index in [0.29, 0.717) is 0 Å². The molecule has 0 fully saturated rings. The number of hydrazone groups is 1. The molecule has 0 unspecified atom stereocenters. The van der Waals surface area contributed by atoms with E-state index >= 15 is 0 Å². The van der Waals surface area contributed by atoms with Gasteiger partial charge >= 0.3 is 0 Å². The van der Waals surface area contributed by atoms with Crippen molar-refractivity contribution in [2.75, 3.05) is 0 Å². The van der Waals surface area contributed by atoms with Gasteiger partial charge in [0.1, 0.15) is 11.6 Å². The van der Waals surface area contributed by atoms with Gasteiger partial charge in [-0.15, -0.1) is 0 Å². The van der Waals surface area contributed by atoms with Crippen molar-refractivity contribution in [3.05, 3.63) is 94.0 Å². The van der Waals surface area contributed by atoms with Crippen LogP contribution < -0.4 is 4.74 Å². The van der Waals surface area contributed by atoms with E-state index in [-0.39, 0.29) is 18.1 Å². The first kappa shape index (κ1) is 16.4. The summed E-state index contributed by atoms with van der Waals surface area (Å²) in [6, 6.07) is 16.5. The van der Waals surface area contributed by atoms with Gasteiger partial charge in [0.25, 0.3) is 0 Å². The van der Waals surface area contributed by atoms with E-state index in [2.05, 4.69) is 27.0 Å². The molecule has 27 heavy (non-hydrogen) atoms. The smallest absolute Gasteiger partial charge is 0.213 e. The Morgan fingerprint density at radius 1 is 1.04 bits per heavy atom. The molecule has 3 heterocycles. The highest BCUT2D eigenvalue weighted by Crippen LogP contribution is 2.48. The van der Waals surface area contributed by atoms with Crippen molar-refractivity contribution < 1.29 is 9.13 Å². The third-order valence-corrected chi connectivity index (χ3v) is 5.41. The summed E-state index contributed by atoms with van der Waals surface area (Å²) in [5, 5.41) is 6.87. The Morgan fingerprint density at radius 2 is 1.81 bits per heavy atom. The van der Waals surface area contributed by atoms with Gasteiger partial charge in [0.2, 0.25) is 6.23 Å². The van der Waals surface area contributed by atoms with E-state index in [9.17, 15) is 4.39 Å². The van der Waals surface area contributed by atoms with Gasteiger partial charge in [-0.05, 0) is 48.0 Å². The lowest BCUT2D eigenvalue weighted by atomic mass is 9.96. The molecule has 1 aromatic heterocycles. The molecule has 2 aliphatic heterocycles. The summed E-state index contributed by atoms with van der Waals surface area (Å²) in [6.07, 6.45) is 3.92. The van der Waals surface area contributed by atoms with E-state index < -0.39 is 0 Å². The van der Waals surface area contributed by atoms with E-state index in [1.54, 1.807) is 24.5 Å². The van der Waals surface area contributed by atoms with E-state index in [0.717, 1.165) is 39.0 Å². The number of aromatic nitrogens is 1. The predicted octanol–water partition coefficient (Wildman–Crippen LogP) is 5.23. The monoisotopic (exact) mass is 423 g/mol. The fourth-order valence-electron chi connectivity index (χ4n) is 3.62. The molecular formula is C21H15BrFN3O. The number of rotatable bonds is 2. The van der Waals surface area contributed by atoms with Gasteiger partial charge in [-0.3, -0.25) is 4.98 Å². The molecule has 0 saturated carbocycles. The topological polar surface area (TPSA) is 37.7 Å². The quantitative estimate of drug-likeness (QED) is 0.566. The van der Waals surface area contributed by atoms with Crippen molar-refractivity contribution in [2.45, 2.75) is 18.7 Å². The molecular weight excluding hydrogens is 409 g/mol. The number of nitrogens with zero attached hydrogens (tertiary/aromatic N) is 3. The number of hydrogen-bond acceptors (Lipinski definition) is 4. The van der Waals surface area contributed by atoms with Crippen LogP contribution in [0.2, 0.25) is 0 Å². The SMILES string of the molecule is Fc1ccc(C2=NN3[C@@H](c4ccncc4)Oc4ccc(Br)cc4[C@@H]3C2)cc1. The molecule has 5 rings (SSSR count). The zero-order chi connectivity index (χ0) is 18.4. The van der Waals surface area contributed by atoms with Gasteiger partial charge in [-0.25, -0.2) is 9.40 Å². The Kier molecular flexibility index (Phi) is 3.93. The van der Waals surface area contributed by atoms with Crippen LogP contribution in [-0.4, -0.2) is 15.7 Å². The van der Waals surface area contributed by atoms with Crippen molar-refractivity contribution >= 4 is 21.6 Å². The summed E-state index contributed by atoms with van der Waals surface area (Å²) >= 11 is 3.55. The van der Waals surface area contributed by atoms with Crippen molar-refractivity contribution in [1.82, 2.24) is 9.99 Å². The highest BCUT2D eigenvalue weighted by atomic mass is 79.9. The van der Waals surface area contributed by atoms with E-state index in [4.69, 9.17) is 9.84 Å². The molecule has 0 radical (unpaired) electrons. The first-order valence-electron chi connectivity index (χ1n) is 8.67. The van der Waals surface area contributed by atoms with Crippen LogP contribution in [0.3, 0.4) is 0 Å². The maximum atomic E-state index is 13.3. The summed E-state index contributed by atoms with van der Waals surface area (Å²) in [5.74, 6) is 0.610. The molecule has 0 bridgehead atoms. The van der Waals surface area contributed by atoms with Crippen LogP contribution in [0.4, 0.5) is 4.39 Å². The lowest BCUT2D eigenvalue weighted by molar-refractivity contribution is -0.0191. The molecule has 4 nitrogen and oxygen atoms in total. The number of benzene rings is 2. The predicted molar refractivity (Wildman–Crippen MR) is 104 cm³/mol. The van der Waals surface area contributed by atoms with Crippen LogP contribution in [0.15, 0.2) is 76.6 Å². The first-order chi connectivity index (χ1) is 13.2. The van der Waals surface area contributed by atoms with Gasteiger partial charge in [0, 0.05) is 34.4 Å². The summed E-state index contributed by atoms with van der Waals surface area (Å²) < 4.78 is 20.6. The fourth-order valence-corrected chi connectivity index (χ4v) is 4.00. The molecule has 0 N–H and O–H groups in total. The van der Waals surface area contributed by atoms with Gasteiger partial charge in [0.15, 0.2) is 0 Å². The lowest BCUT2D eigenvalue weighted by Crippen LogP contribution is -2.33. The van der Waals surface area contributed by atoms with E-state index in [1.807, 2.05) is 29.3 Å². The van der Waals surface area contributed by atoms with Crippen molar-refractivity contribution in [2.24, 2.45) is 5.10 Å². The molecule has 134 valence electrons. The fraction of sp³-hybridized carbons (Fsp3) is 0.143. The second-order valence-electron chi connectivity index (χ2n) is 6.59. The standard InChI is InChI=1S/C21H15BrFN3O/c22-15-3-6-20-17(11-15)19-12-18(13-1-4-16(23)5-2-13)25-26(19)21(27-20)14-7-9-24-10-8-14/h1-11,19,21H,12H2/t19-,21+/m0/s1. The second kappa shape index (κ2) is 6.46. The number of halogens is 2. The summed E-state index contributed by atoms with van der Waals surface area (Å²) in [5.41, 5.74) is 3.94. The second-order valence-corrected chi connectivity index (χ2v) is 7.50. The minimum Gasteiger partial charge on any atom is -0.464 e. The molecule has 3 aromatic rings. The summed E-state index contributed by atoms with van der Waals surface area (Å²) in [4.78, 5) is 4.10. The highest BCUT2D eigenvalue weighted by Gasteiger charge is 2.41. The molecule has 0 spiro atoms. The summed E-state index contributed by atoms with van der Waals surface area (Å²) in [7, 11) is 0. The van der Waals surface area contributed by atoms with Crippen molar-refractivity contribution in [3.63, 3.8) is 0 Å². The molecule has 2 aromatic carbocycles. The maximum absolute atomic E-state index is 13.3. The third kappa shape index (κ3) is 2.90. The Labute approximate surface area is 164 Å². The number of ether oxygens (including phenoxy) is 1. The molecule has 6 heteroatoms. The molecule has 2 atom stereocenters. The number of fused-ring (bicyclic) bond motifs is 3. The minimum absolute atomic E-state index is 0.0597. The highest BCUT2D eigenvalue weighted by molar-refractivity contribution is 9.10. The van der Waals surface area contributed by atoms with Crippen LogP contribution in [0.1, 0.15) is 35.4 Å². The zero-order valence-electron chi connectivity index (χ0n) is 14.2. The van der Waals surface area contributed by atoms with Gasteiger partial charge in [0.05, 0.1) is 11.8 Å². The normalized spacial score (nSPS) is 20.5. The van der Waals surface area contributed by atoms with Crippen molar-refractivity contribution in [1.29, 1.82) is 0 Å². The molecule has 0 saturated heterocycles. The van der Waals surface area contributed by atoms with Crippen LogP contribution in [-0.2, 0) is 0 Å². The number of pyridine rings is 1. The largest absolute Gasteiger partial charge is 0.464 e. The molecule has 0 aliphatic carbocycles. The molecule has 0 amide bonds. The summed E-state index contributed by atoms with van der Waals surface area (Å²) in [6.45, 7) is 0. The average Bonchev–Trinajstić information content (AvgIpc) is 3.14. The molecule has 2 aliphatic rings. The van der Waals surface area contributed by atoms with Crippen molar-refractivity contribution in [3.8, 4) is 5.75 Å². The Balaban J connectivity index is 1.60. The average molecular weight is 424 g/mol. The Hall–Kier alpha value is -2.73. The van der Waals surface area contributed by atoms with Crippen LogP contribution in [0, 0.1) is 5.82 Å². The van der Waals surface area contributed by atoms with Crippen LogP contribution in [0.5, 0.6) is 5.75 Å².